The monoisotopic (exact) mass is 252 g/mol. The zero-order valence-corrected chi connectivity index (χ0v) is 11.8. The van der Waals surface area contributed by atoms with Crippen molar-refractivity contribution in [3.05, 3.63) is 35.5 Å². The second-order valence-corrected chi connectivity index (χ2v) is 6.85. The van der Waals surface area contributed by atoms with Gasteiger partial charge in [0.2, 0.25) is 0 Å². The van der Waals surface area contributed by atoms with Gasteiger partial charge in [-0.1, -0.05) is 39.0 Å². The average Bonchev–Trinajstić information content (AvgIpc) is 2.37. The number of rotatable bonds is 0. The molecule has 0 spiro atoms. The van der Waals surface area contributed by atoms with E-state index in [-0.39, 0.29) is 0 Å². The van der Waals surface area contributed by atoms with E-state index in [1.165, 1.54) is 17.7 Å². The van der Waals surface area contributed by atoms with Crippen molar-refractivity contribution in [3.63, 3.8) is 0 Å². The van der Waals surface area contributed by atoms with E-state index in [4.69, 9.17) is 10.7 Å². The number of anilines is 1. The lowest BCUT2D eigenvalue weighted by Crippen LogP contribution is -2.50. The number of hydrogen-bond donors (Lipinski definition) is 1. The number of pyridine rings is 1. The highest BCUT2D eigenvalue weighted by Crippen LogP contribution is 2.66. The lowest BCUT2D eigenvalue weighted by Gasteiger charge is -2.59. The van der Waals surface area contributed by atoms with Crippen molar-refractivity contribution in [3.8, 4) is 0 Å². The van der Waals surface area contributed by atoms with Crippen molar-refractivity contribution in [2.45, 2.75) is 39.0 Å². The number of nitrogen functional groups attached to an aromatic ring is 1. The van der Waals surface area contributed by atoms with Gasteiger partial charge in [0, 0.05) is 22.6 Å². The highest BCUT2D eigenvalue weighted by molar-refractivity contribution is 5.92. The number of aromatic nitrogens is 1. The number of fused-ring (bicyclic) bond motifs is 1. The smallest absolute Gasteiger partial charge is 0.0726 e. The fraction of sp³-hybridized carbons (Fsp3) is 0.471. The molecule has 0 saturated heterocycles. The summed E-state index contributed by atoms with van der Waals surface area (Å²) >= 11 is 0. The molecule has 0 radical (unpaired) electrons. The van der Waals surface area contributed by atoms with Gasteiger partial charge in [-0.3, -0.25) is 4.98 Å². The van der Waals surface area contributed by atoms with Crippen LogP contribution in [0.25, 0.3) is 10.9 Å². The van der Waals surface area contributed by atoms with Crippen LogP contribution in [0.3, 0.4) is 0 Å². The van der Waals surface area contributed by atoms with Crippen LogP contribution < -0.4 is 5.73 Å². The Kier molecular flexibility index (Phi) is 1.96. The van der Waals surface area contributed by atoms with Crippen LogP contribution in [-0.4, -0.2) is 4.98 Å². The van der Waals surface area contributed by atoms with E-state index in [0.717, 1.165) is 22.5 Å². The lowest BCUT2D eigenvalue weighted by atomic mass is 9.45. The van der Waals surface area contributed by atoms with Crippen LogP contribution in [0.1, 0.15) is 50.3 Å². The zero-order chi connectivity index (χ0) is 13.4. The molecule has 1 saturated carbocycles. The van der Waals surface area contributed by atoms with Gasteiger partial charge in [0.05, 0.1) is 11.2 Å². The summed E-state index contributed by atoms with van der Waals surface area (Å²) < 4.78 is 0. The third kappa shape index (κ3) is 1.20. The molecule has 2 N–H and O–H groups in total. The van der Waals surface area contributed by atoms with Gasteiger partial charge in [-0.15, -0.1) is 0 Å². The molecule has 1 aromatic carbocycles. The maximum absolute atomic E-state index is 6.46. The Bertz CT molecular complexity index is 687. The van der Waals surface area contributed by atoms with Gasteiger partial charge < -0.3 is 5.73 Å². The third-order valence-electron chi connectivity index (χ3n) is 5.73. The van der Waals surface area contributed by atoms with Crippen LogP contribution in [0.15, 0.2) is 24.3 Å². The second-order valence-electron chi connectivity index (χ2n) is 6.85. The lowest BCUT2D eigenvalue weighted by molar-refractivity contribution is -0.00318. The first-order valence-electron chi connectivity index (χ1n) is 7.20. The molecule has 98 valence electrons. The average molecular weight is 252 g/mol. The van der Waals surface area contributed by atoms with Gasteiger partial charge in [-0.2, -0.15) is 0 Å². The highest BCUT2D eigenvalue weighted by atomic mass is 14.8. The van der Waals surface area contributed by atoms with E-state index in [2.05, 4.69) is 32.9 Å². The summed E-state index contributed by atoms with van der Waals surface area (Å²) in [5.41, 5.74) is 11.5. The topological polar surface area (TPSA) is 38.9 Å². The molecule has 3 atom stereocenters. The van der Waals surface area contributed by atoms with Gasteiger partial charge in [-0.25, -0.2) is 0 Å². The third-order valence-corrected chi connectivity index (χ3v) is 5.73. The van der Waals surface area contributed by atoms with Gasteiger partial charge in [-0.05, 0) is 29.7 Å². The van der Waals surface area contributed by atoms with Crippen LogP contribution in [0.2, 0.25) is 0 Å². The first kappa shape index (κ1) is 11.3. The summed E-state index contributed by atoms with van der Waals surface area (Å²) in [6, 6.07) is 8.26. The number of benzene rings is 1. The quantitative estimate of drug-likeness (QED) is 0.767. The van der Waals surface area contributed by atoms with Crippen molar-refractivity contribution in [1.29, 1.82) is 0 Å². The summed E-state index contributed by atoms with van der Waals surface area (Å²) in [5, 5.41) is 1.12. The minimum atomic E-state index is 0.383. The zero-order valence-electron chi connectivity index (χ0n) is 11.8. The Hall–Kier alpha value is -1.57. The van der Waals surface area contributed by atoms with Crippen molar-refractivity contribution >= 4 is 16.6 Å². The fourth-order valence-corrected chi connectivity index (χ4v) is 4.49. The maximum atomic E-state index is 6.46. The molecule has 0 unspecified atom stereocenters. The van der Waals surface area contributed by atoms with Crippen LogP contribution in [-0.2, 0) is 0 Å². The van der Waals surface area contributed by atoms with E-state index >= 15 is 0 Å². The number of para-hydroxylation sites is 1. The standard InChI is InChI=1S/C17H20N2/c1-9-11-8-12(17(11,2)3)16-14(9)15(18)10-6-4-5-7-13(10)19-16/h4-7,9,11-12H,8H2,1-3H3,(H2,18,19)/t9-,11-,12+/m0/s1. The Balaban J connectivity index is 2.06. The Morgan fingerprint density at radius 3 is 2.74 bits per heavy atom. The molecule has 1 fully saturated rings. The molecular weight excluding hydrogens is 232 g/mol. The molecule has 19 heavy (non-hydrogen) atoms. The molecule has 1 heterocycles. The summed E-state index contributed by atoms with van der Waals surface area (Å²) in [5.74, 6) is 1.89. The van der Waals surface area contributed by atoms with Crippen LogP contribution in [0.4, 0.5) is 5.69 Å². The molecule has 2 heteroatoms. The SMILES string of the molecule is C[C@@H]1c2c(nc3ccccc3c2N)[C@H]2C[C@@H]1C2(C)C. The van der Waals surface area contributed by atoms with Gasteiger partial charge in [0.1, 0.15) is 0 Å². The first-order chi connectivity index (χ1) is 9.01. The maximum Gasteiger partial charge on any atom is 0.0726 e. The molecule has 2 bridgehead atoms. The minimum Gasteiger partial charge on any atom is -0.398 e. The first-order valence-corrected chi connectivity index (χ1v) is 7.20. The predicted octanol–water partition coefficient (Wildman–Crippen LogP) is 4.06. The van der Waals surface area contributed by atoms with Crippen molar-refractivity contribution in [2.75, 3.05) is 5.73 Å². The van der Waals surface area contributed by atoms with Crippen molar-refractivity contribution in [1.82, 2.24) is 4.98 Å². The molecule has 2 nitrogen and oxygen atoms in total. The van der Waals surface area contributed by atoms with Crippen LogP contribution >= 0.6 is 0 Å². The van der Waals surface area contributed by atoms with E-state index in [1.54, 1.807) is 0 Å². The summed E-state index contributed by atoms with van der Waals surface area (Å²) in [4.78, 5) is 4.96. The van der Waals surface area contributed by atoms with E-state index < -0.39 is 0 Å². The molecule has 3 aliphatic rings. The fourth-order valence-electron chi connectivity index (χ4n) is 4.49. The normalized spacial score (nSPS) is 30.8. The molecular formula is C17H20N2. The highest BCUT2D eigenvalue weighted by Gasteiger charge is 2.56. The summed E-state index contributed by atoms with van der Waals surface area (Å²) in [6.45, 7) is 7.10. The Morgan fingerprint density at radius 1 is 1.26 bits per heavy atom. The molecule has 1 aromatic heterocycles. The number of hydrogen-bond acceptors (Lipinski definition) is 2. The van der Waals surface area contributed by atoms with Gasteiger partial charge in [0.15, 0.2) is 0 Å². The predicted molar refractivity (Wildman–Crippen MR) is 79.2 cm³/mol. The summed E-state index contributed by atoms with van der Waals surface area (Å²) in [7, 11) is 0. The molecule has 5 rings (SSSR count). The Morgan fingerprint density at radius 2 is 2.00 bits per heavy atom. The molecule has 3 aliphatic carbocycles. The number of nitrogens with zero attached hydrogens (tertiary/aromatic N) is 1. The minimum absolute atomic E-state index is 0.383. The molecule has 2 aromatic rings. The summed E-state index contributed by atoms with van der Waals surface area (Å²) in [6.07, 6.45) is 1.28. The molecule has 0 amide bonds. The van der Waals surface area contributed by atoms with Gasteiger partial charge >= 0.3 is 0 Å². The van der Waals surface area contributed by atoms with E-state index in [9.17, 15) is 0 Å². The van der Waals surface area contributed by atoms with E-state index in [0.29, 0.717) is 17.3 Å². The second kappa shape index (κ2) is 3.30. The van der Waals surface area contributed by atoms with Crippen molar-refractivity contribution in [2.24, 2.45) is 11.3 Å². The van der Waals surface area contributed by atoms with Gasteiger partial charge in [0.25, 0.3) is 0 Å². The Labute approximate surface area is 114 Å². The van der Waals surface area contributed by atoms with Crippen molar-refractivity contribution < 1.29 is 0 Å². The number of nitrogens with two attached hydrogens (primary N) is 1. The largest absolute Gasteiger partial charge is 0.398 e. The molecule has 0 aliphatic heterocycles. The van der Waals surface area contributed by atoms with Crippen LogP contribution in [0.5, 0.6) is 0 Å². The van der Waals surface area contributed by atoms with E-state index in [1.807, 2.05) is 12.1 Å². The van der Waals surface area contributed by atoms with Crippen LogP contribution in [0, 0.1) is 11.3 Å².